The standard InChI is InChI=1S/C23H30F2N4O2.HI/c1-2-26-23(27-14-17-12-13-29(16-17)19-6-4-3-5-7-19)28-15-21(30)18-8-10-20(11-9-18)31-22(24)25;/h3-11,17,21-22,30H,2,12-16H2,1H3,(H2,26,27,28);1H. The van der Waals surface area contributed by atoms with E-state index in [-0.39, 0.29) is 36.3 Å². The van der Waals surface area contributed by atoms with Gasteiger partial charge in [0.25, 0.3) is 0 Å². The molecule has 0 aromatic heterocycles. The molecule has 1 saturated heterocycles. The molecule has 0 bridgehead atoms. The summed E-state index contributed by atoms with van der Waals surface area (Å²) in [6.07, 6.45) is 0.271. The maximum absolute atomic E-state index is 12.2. The molecule has 0 saturated carbocycles. The number of aliphatic hydroxyl groups is 1. The molecule has 3 rings (SSSR count). The maximum atomic E-state index is 12.2. The molecule has 0 amide bonds. The third kappa shape index (κ3) is 8.09. The smallest absolute Gasteiger partial charge is 0.387 e. The van der Waals surface area contributed by atoms with Gasteiger partial charge in [0.2, 0.25) is 0 Å². The first-order valence-corrected chi connectivity index (χ1v) is 10.6. The van der Waals surface area contributed by atoms with E-state index in [1.54, 1.807) is 12.1 Å². The van der Waals surface area contributed by atoms with E-state index in [2.05, 4.69) is 49.5 Å². The molecule has 1 fully saturated rings. The summed E-state index contributed by atoms with van der Waals surface area (Å²) in [4.78, 5) is 6.87. The number of guanidine groups is 1. The second-order valence-electron chi connectivity index (χ2n) is 7.50. The van der Waals surface area contributed by atoms with Crippen molar-refractivity contribution in [1.82, 2.24) is 10.6 Å². The number of nitrogens with zero attached hydrogens (tertiary/aromatic N) is 2. The largest absolute Gasteiger partial charge is 0.435 e. The van der Waals surface area contributed by atoms with E-state index < -0.39 is 12.7 Å². The third-order valence-electron chi connectivity index (χ3n) is 5.22. The first-order valence-electron chi connectivity index (χ1n) is 10.6. The number of aliphatic hydroxyl groups excluding tert-OH is 1. The molecule has 0 spiro atoms. The van der Waals surface area contributed by atoms with Crippen LogP contribution in [0.5, 0.6) is 5.75 Å². The van der Waals surface area contributed by atoms with Crippen LogP contribution < -0.4 is 20.3 Å². The fourth-order valence-corrected chi connectivity index (χ4v) is 3.61. The van der Waals surface area contributed by atoms with Gasteiger partial charge in [0.15, 0.2) is 5.96 Å². The molecule has 6 nitrogen and oxygen atoms in total. The lowest BCUT2D eigenvalue weighted by Crippen LogP contribution is -2.40. The number of hydrogen-bond acceptors (Lipinski definition) is 4. The SMILES string of the molecule is CCNC(=NCC(O)c1ccc(OC(F)F)cc1)NCC1CCN(c2ccccc2)C1.I. The van der Waals surface area contributed by atoms with Gasteiger partial charge in [-0.2, -0.15) is 8.78 Å². The number of nitrogens with one attached hydrogen (secondary N) is 2. The van der Waals surface area contributed by atoms with Crippen molar-refractivity contribution in [1.29, 1.82) is 0 Å². The van der Waals surface area contributed by atoms with Crippen LogP contribution in [0.1, 0.15) is 25.0 Å². The van der Waals surface area contributed by atoms with Gasteiger partial charge in [-0.25, -0.2) is 0 Å². The Morgan fingerprint density at radius 3 is 2.53 bits per heavy atom. The van der Waals surface area contributed by atoms with Gasteiger partial charge in [0, 0.05) is 31.9 Å². The average Bonchev–Trinajstić information content (AvgIpc) is 3.25. The summed E-state index contributed by atoms with van der Waals surface area (Å²) in [7, 11) is 0. The van der Waals surface area contributed by atoms with E-state index in [1.807, 2.05) is 13.0 Å². The Labute approximate surface area is 205 Å². The van der Waals surface area contributed by atoms with Crippen molar-refractivity contribution >= 4 is 35.6 Å². The van der Waals surface area contributed by atoms with Crippen LogP contribution in [-0.4, -0.2) is 50.4 Å². The molecule has 176 valence electrons. The predicted molar refractivity (Wildman–Crippen MR) is 134 cm³/mol. The fourth-order valence-electron chi connectivity index (χ4n) is 3.61. The molecular weight excluding hydrogens is 529 g/mol. The van der Waals surface area contributed by atoms with Crippen molar-refractivity contribution in [2.75, 3.05) is 37.6 Å². The summed E-state index contributed by atoms with van der Waals surface area (Å²) >= 11 is 0. The molecule has 1 heterocycles. The lowest BCUT2D eigenvalue weighted by atomic mass is 10.1. The number of benzene rings is 2. The minimum absolute atomic E-state index is 0. The van der Waals surface area contributed by atoms with Crippen LogP contribution in [0.25, 0.3) is 0 Å². The minimum Gasteiger partial charge on any atom is -0.435 e. The van der Waals surface area contributed by atoms with Gasteiger partial charge < -0.3 is 25.4 Å². The van der Waals surface area contributed by atoms with Gasteiger partial charge >= 0.3 is 6.61 Å². The maximum Gasteiger partial charge on any atom is 0.387 e. The highest BCUT2D eigenvalue weighted by Crippen LogP contribution is 2.23. The van der Waals surface area contributed by atoms with Crippen LogP contribution in [0.2, 0.25) is 0 Å². The van der Waals surface area contributed by atoms with Gasteiger partial charge in [0.1, 0.15) is 5.75 Å². The van der Waals surface area contributed by atoms with E-state index in [1.165, 1.54) is 17.8 Å². The highest BCUT2D eigenvalue weighted by Gasteiger charge is 2.22. The zero-order valence-corrected chi connectivity index (χ0v) is 20.4. The second kappa shape index (κ2) is 13.4. The number of rotatable bonds is 9. The summed E-state index contributed by atoms with van der Waals surface area (Å²) in [5.41, 5.74) is 1.84. The Morgan fingerprint density at radius 2 is 1.88 bits per heavy atom. The minimum atomic E-state index is -2.87. The van der Waals surface area contributed by atoms with Gasteiger partial charge in [-0.15, -0.1) is 24.0 Å². The van der Waals surface area contributed by atoms with Crippen molar-refractivity contribution in [3.8, 4) is 5.75 Å². The Kier molecular flexibility index (Phi) is 10.9. The summed E-state index contributed by atoms with van der Waals surface area (Å²) in [5.74, 6) is 1.22. The molecule has 0 aliphatic carbocycles. The van der Waals surface area contributed by atoms with Crippen molar-refractivity contribution in [2.24, 2.45) is 10.9 Å². The van der Waals surface area contributed by atoms with E-state index in [0.717, 1.165) is 26.1 Å². The number of hydrogen-bond donors (Lipinski definition) is 3. The van der Waals surface area contributed by atoms with Crippen LogP contribution in [0.3, 0.4) is 0 Å². The van der Waals surface area contributed by atoms with Gasteiger partial charge in [-0.1, -0.05) is 30.3 Å². The van der Waals surface area contributed by atoms with Crippen LogP contribution in [0.15, 0.2) is 59.6 Å². The lowest BCUT2D eigenvalue weighted by molar-refractivity contribution is -0.0498. The molecule has 9 heteroatoms. The highest BCUT2D eigenvalue weighted by molar-refractivity contribution is 14.0. The van der Waals surface area contributed by atoms with E-state index in [9.17, 15) is 13.9 Å². The Hall–Kier alpha value is -2.14. The number of para-hydroxylation sites is 1. The Bertz CT molecular complexity index is 825. The molecule has 1 aliphatic heterocycles. The van der Waals surface area contributed by atoms with Crippen LogP contribution >= 0.6 is 24.0 Å². The van der Waals surface area contributed by atoms with Crippen molar-refractivity contribution in [2.45, 2.75) is 26.1 Å². The number of aliphatic imine (C=N–C) groups is 1. The normalized spacial score (nSPS) is 17.1. The summed E-state index contributed by atoms with van der Waals surface area (Å²) < 4.78 is 28.8. The summed E-state index contributed by atoms with van der Waals surface area (Å²) in [5, 5.41) is 17.0. The molecular formula is C23H31F2IN4O2. The van der Waals surface area contributed by atoms with Crippen LogP contribution in [0.4, 0.5) is 14.5 Å². The quantitative estimate of drug-likeness (QED) is 0.246. The molecule has 32 heavy (non-hydrogen) atoms. The van der Waals surface area contributed by atoms with Crippen molar-refractivity contribution < 1.29 is 18.6 Å². The number of halogens is 3. The molecule has 1 aliphatic rings. The molecule has 2 aromatic rings. The fraction of sp³-hybridized carbons (Fsp3) is 0.435. The summed E-state index contributed by atoms with van der Waals surface area (Å²) in [6.45, 7) is 2.81. The first-order chi connectivity index (χ1) is 15.0. The third-order valence-corrected chi connectivity index (χ3v) is 5.22. The lowest BCUT2D eigenvalue weighted by Gasteiger charge is -2.19. The van der Waals surface area contributed by atoms with Gasteiger partial charge in [-0.05, 0) is 49.1 Å². The number of alkyl halides is 2. The topological polar surface area (TPSA) is 69.1 Å². The van der Waals surface area contributed by atoms with Gasteiger partial charge in [-0.3, -0.25) is 4.99 Å². The van der Waals surface area contributed by atoms with Gasteiger partial charge in [0.05, 0.1) is 12.6 Å². The molecule has 3 N–H and O–H groups in total. The van der Waals surface area contributed by atoms with Crippen molar-refractivity contribution in [3.63, 3.8) is 0 Å². The molecule has 2 unspecified atom stereocenters. The van der Waals surface area contributed by atoms with Crippen LogP contribution in [0, 0.1) is 5.92 Å². The molecule has 0 radical (unpaired) electrons. The van der Waals surface area contributed by atoms with Crippen molar-refractivity contribution in [3.05, 3.63) is 60.2 Å². The van der Waals surface area contributed by atoms with E-state index >= 15 is 0 Å². The molecule has 2 atom stereocenters. The highest BCUT2D eigenvalue weighted by atomic mass is 127. The van der Waals surface area contributed by atoms with Crippen LogP contribution in [-0.2, 0) is 0 Å². The van der Waals surface area contributed by atoms with E-state index in [0.29, 0.717) is 24.0 Å². The zero-order valence-electron chi connectivity index (χ0n) is 18.1. The average molecular weight is 560 g/mol. The number of anilines is 1. The monoisotopic (exact) mass is 560 g/mol. The first kappa shape index (κ1) is 26.1. The number of ether oxygens (including phenoxy) is 1. The summed E-state index contributed by atoms with van der Waals surface area (Å²) in [6, 6.07) is 16.4. The molecule has 2 aromatic carbocycles. The predicted octanol–water partition coefficient (Wildman–Crippen LogP) is 4.02. The second-order valence-corrected chi connectivity index (χ2v) is 7.50. The van der Waals surface area contributed by atoms with E-state index in [4.69, 9.17) is 0 Å². The Balaban J connectivity index is 0.00000363. The Morgan fingerprint density at radius 1 is 1.16 bits per heavy atom. The zero-order chi connectivity index (χ0) is 22.1.